The van der Waals surface area contributed by atoms with Gasteiger partial charge in [-0.25, -0.2) is 9.97 Å². The summed E-state index contributed by atoms with van der Waals surface area (Å²) < 4.78 is 5.15. The molecule has 1 aliphatic rings. The highest BCUT2D eigenvalue weighted by Crippen LogP contribution is 2.13. The number of piperazine rings is 1. The third-order valence-electron chi connectivity index (χ3n) is 4.06. The second-order valence-electron chi connectivity index (χ2n) is 5.95. The van der Waals surface area contributed by atoms with Gasteiger partial charge in [0.1, 0.15) is 5.69 Å². The minimum atomic E-state index is -0.165. The van der Waals surface area contributed by atoms with Crippen LogP contribution >= 0.6 is 0 Å². The molecule has 0 radical (unpaired) electrons. The standard InChI is InChI=1S/C18H21N5O3/c1-3-6-19-18-20-13(2)12-14(21-18)16(24)22-7-9-23(10-8-22)17(25)15-5-4-11-26-15/h3-5,11-12H,1,6-10H2,2H3,(H,19,20,21). The van der Waals surface area contributed by atoms with E-state index in [2.05, 4.69) is 21.9 Å². The normalized spacial score (nSPS) is 14.2. The first-order valence-electron chi connectivity index (χ1n) is 8.41. The first-order chi connectivity index (χ1) is 12.6. The maximum absolute atomic E-state index is 12.7. The molecule has 136 valence electrons. The van der Waals surface area contributed by atoms with Gasteiger partial charge < -0.3 is 19.5 Å². The molecule has 3 rings (SSSR count). The van der Waals surface area contributed by atoms with Crippen molar-refractivity contribution in [1.29, 1.82) is 0 Å². The molecule has 1 fully saturated rings. The van der Waals surface area contributed by atoms with E-state index in [4.69, 9.17) is 4.42 Å². The number of aromatic nitrogens is 2. The van der Waals surface area contributed by atoms with Crippen LogP contribution in [-0.2, 0) is 0 Å². The van der Waals surface area contributed by atoms with Crippen LogP contribution in [0.1, 0.15) is 26.7 Å². The molecule has 1 saturated heterocycles. The third-order valence-corrected chi connectivity index (χ3v) is 4.06. The lowest BCUT2D eigenvalue weighted by Crippen LogP contribution is -2.50. The molecule has 26 heavy (non-hydrogen) atoms. The summed E-state index contributed by atoms with van der Waals surface area (Å²) in [7, 11) is 0. The molecule has 8 nitrogen and oxygen atoms in total. The molecule has 0 spiro atoms. The average Bonchev–Trinajstić information content (AvgIpc) is 3.19. The molecule has 2 aromatic rings. The van der Waals surface area contributed by atoms with Gasteiger partial charge in [-0.2, -0.15) is 0 Å². The largest absolute Gasteiger partial charge is 0.459 e. The fourth-order valence-electron chi connectivity index (χ4n) is 2.75. The number of rotatable bonds is 5. The van der Waals surface area contributed by atoms with E-state index in [-0.39, 0.29) is 11.8 Å². The smallest absolute Gasteiger partial charge is 0.289 e. The number of furan rings is 1. The van der Waals surface area contributed by atoms with E-state index >= 15 is 0 Å². The number of anilines is 1. The first-order valence-corrected chi connectivity index (χ1v) is 8.41. The molecular weight excluding hydrogens is 334 g/mol. The monoisotopic (exact) mass is 355 g/mol. The summed E-state index contributed by atoms with van der Waals surface area (Å²) in [5.74, 6) is 0.396. The minimum absolute atomic E-state index is 0.157. The molecule has 2 aromatic heterocycles. The Balaban J connectivity index is 1.64. The van der Waals surface area contributed by atoms with E-state index in [1.165, 1.54) is 6.26 Å². The molecule has 3 heterocycles. The lowest BCUT2D eigenvalue weighted by molar-refractivity contribution is 0.0515. The predicted molar refractivity (Wildman–Crippen MR) is 96.0 cm³/mol. The van der Waals surface area contributed by atoms with Crippen molar-refractivity contribution in [3.05, 3.63) is 54.3 Å². The van der Waals surface area contributed by atoms with Gasteiger partial charge in [0, 0.05) is 38.4 Å². The highest BCUT2D eigenvalue weighted by atomic mass is 16.3. The number of aryl methyl sites for hydroxylation is 1. The number of hydrogen-bond donors (Lipinski definition) is 1. The lowest BCUT2D eigenvalue weighted by Gasteiger charge is -2.34. The second-order valence-corrected chi connectivity index (χ2v) is 5.95. The molecular formula is C18H21N5O3. The number of carbonyl (C=O) groups is 2. The van der Waals surface area contributed by atoms with Crippen molar-refractivity contribution in [2.75, 3.05) is 38.0 Å². The third kappa shape index (κ3) is 3.90. The van der Waals surface area contributed by atoms with Crippen LogP contribution in [0.5, 0.6) is 0 Å². The summed E-state index contributed by atoms with van der Waals surface area (Å²) in [6.45, 7) is 7.78. The molecule has 8 heteroatoms. The Hall–Kier alpha value is -3.16. The summed E-state index contributed by atoms with van der Waals surface area (Å²) in [6, 6.07) is 4.99. The van der Waals surface area contributed by atoms with E-state index in [9.17, 15) is 9.59 Å². The molecule has 1 aliphatic heterocycles. The van der Waals surface area contributed by atoms with Gasteiger partial charge >= 0.3 is 0 Å². The number of hydrogen-bond acceptors (Lipinski definition) is 6. The Bertz CT molecular complexity index is 795. The van der Waals surface area contributed by atoms with Gasteiger partial charge in [-0.1, -0.05) is 6.08 Å². The van der Waals surface area contributed by atoms with Gasteiger partial charge in [-0.15, -0.1) is 6.58 Å². The fourth-order valence-corrected chi connectivity index (χ4v) is 2.75. The summed E-state index contributed by atoms with van der Waals surface area (Å²) in [5, 5.41) is 3.00. The maximum atomic E-state index is 12.7. The maximum Gasteiger partial charge on any atom is 0.289 e. The summed E-state index contributed by atoms with van der Waals surface area (Å²) in [5.41, 5.74) is 1.05. The number of amides is 2. The topological polar surface area (TPSA) is 91.6 Å². The minimum Gasteiger partial charge on any atom is -0.459 e. The van der Waals surface area contributed by atoms with Crippen LogP contribution in [0, 0.1) is 6.92 Å². The number of nitrogens with zero attached hydrogens (tertiary/aromatic N) is 4. The van der Waals surface area contributed by atoms with Crippen molar-refractivity contribution in [3.8, 4) is 0 Å². The zero-order valence-corrected chi connectivity index (χ0v) is 14.6. The Morgan fingerprint density at radius 2 is 1.92 bits per heavy atom. The van der Waals surface area contributed by atoms with E-state index in [1.807, 2.05) is 6.92 Å². The molecule has 0 saturated carbocycles. The van der Waals surface area contributed by atoms with Crippen molar-refractivity contribution in [2.45, 2.75) is 6.92 Å². The SMILES string of the molecule is C=CCNc1nc(C)cc(C(=O)N2CCN(C(=O)c3ccco3)CC2)n1. The van der Waals surface area contributed by atoms with Crippen LogP contribution in [0.3, 0.4) is 0 Å². The van der Waals surface area contributed by atoms with Gasteiger partial charge in [0.15, 0.2) is 5.76 Å². The van der Waals surface area contributed by atoms with Crippen molar-refractivity contribution in [1.82, 2.24) is 19.8 Å². The van der Waals surface area contributed by atoms with Crippen LogP contribution in [0.15, 0.2) is 41.5 Å². The zero-order valence-electron chi connectivity index (χ0n) is 14.6. The van der Waals surface area contributed by atoms with Crippen LogP contribution in [0.4, 0.5) is 5.95 Å². The van der Waals surface area contributed by atoms with Crippen molar-refractivity contribution < 1.29 is 14.0 Å². The predicted octanol–water partition coefficient (Wildman–Crippen LogP) is 1.57. The molecule has 0 unspecified atom stereocenters. The Labute approximate surface area is 151 Å². The summed E-state index contributed by atoms with van der Waals surface area (Å²) in [6.07, 6.45) is 3.17. The quantitative estimate of drug-likeness (QED) is 0.819. The summed E-state index contributed by atoms with van der Waals surface area (Å²) in [4.78, 5) is 37.0. The van der Waals surface area contributed by atoms with Crippen LogP contribution in [0.2, 0.25) is 0 Å². The Kier molecular flexibility index (Phi) is 5.31. The Morgan fingerprint density at radius 1 is 1.23 bits per heavy atom. The Morgan fingerprint density at radius 3 is 2.54 bits per heavy atom. The second kappa shape index (κ2) is 7.81. The van der Waals surface area contributed by atoms with Gasteiger partial charge in [0.2, 0.25) is 5.95 Å². The van der Waals surface area contributed by atoms with Crippen LogP contribution < -0.4 is 5.32 Å². The first kappa shape index (κ1) is 17.7. The molecule has 2 amide bonds. The van der Waals surface area contributed by atoms with Crippen molar-refractivity contribution in [2.24, 2.45) is 0 Å². The lowest BCUT2D eigenvalue weighted by atomic mass is 10.2. The number of nitrogens with one attached hydrogen (secondary N) is 1. The highest BCUT2D eigenvalue weighted by Gasteiger charge is 2.27. The molecule has 0 aliphatic carbocycles. The van der Waals surface area contributed by atoms with Gasteiger partial charge in [0.25, 0.3) is 11.8 Å². The van der Waals surface area contributed by atoms with Gasteiger partial charge in [-0.3, -0.25) is 9.59 Å². The van der Waals surface area contributed by atoms with Gasteiger partial charge in [0.05, 0.1) is 6.26 Å². The molecule has 0 bridgehead atoms. The summed E-state index contributed by atoms with van der Waals surface area (Å²) >= 11 is 0. The average molecular weight is 355 g/mol. The van der Waals surface area contributed by atoms with Crippen molar-refractivity contribution in [3.63, 3.8) is 0 Å². The number of carbonyl (C=O) groups excluding carboxylic acids is 2. The van der Waals surface area contributed by atoms with Gasteiger partial charge in [-0.05, 0) is 25.1 Å². The molecule has 1 N–H and O–H groups in total. The van der Waals surface area contributed by atoms with Crippen LogP contribution in [0.25, 0.3) is 0 Å². The molecule has 0 aromatic carbocycles. The van der Waals surface area contributed by atoms with Crippen LogP contribution in [-0.4, -0.2) is 64.3 Å². The van der Waals surface area contributed by atoms with E-state index < -0.39 is 0 Å². The zero-order chi connectivity index (χ0) is 18.5. The van der Waals surface area contributed by atoms with E-state index in [1.54, 1.807) is 34.1 Å². The fraction of sp³-hybridized carbons (Fsp3) is 0.333. The van der Waals surface area contributed by atoms with E-state index in [0.29, 0.717) is 55.8 Å². The molecule has 0 atom stereocenters. The highest BCUT2D eigenvalue weighted by molar-refractivity contribution is 5.94. The van der Waals surface area contributed by atoms with E-state index in [0.717, 1.165) is 0 Å². The van der Waals surface area contributed by atoms with Crippen molar-refractivity contribution >= 4 is 17.8 Å².